The van der Waals surface area contributed by atoms with E-state index in [1.807, 2.05) is 16.8 Å². The molecule has 24 heavy (non-hydrogen) atoms. The number of furan rings is 1. The van der Waals surface area contributed by atoms with Crippen molar-refractivity contribution < 1.29 is 23.5 Å². The summed E-state index contributed by atoms with van der Waals surface area (Å²) in [5.41, 5.74) is 1.45. The van der Waals surface area contributed by atoms with Crippen LogP contribution < -0.4 is 0 Å². The minimum absolute atomic E-state index is 0.161. The third-order valence-electron chi connectivity index (χ3n) is 3.06. The largest absolute Gasteiger partial charge is 0.465 e. The number of thiophene rings is 1. The van der Waals surface area contributed by atoms with Crippen LogP contribution in [0.1, 0.15) is 33.5 Å². The zero-order chi connectivity index (χ0) is 16.9. The zero-order valence-corrected chi connectivity index (χ0v) is 14.3. The Hall–Kier alpha value is -2.45. The van der Waals surface area contributed by atoms with E-state index in [0.29, 0.717) is 0 Å². The van der Waals surface area contributed by atoms with Crippen LogP contribution in [0.3, 0.4) is 0 Å². The van der Waals surface area contributed by atoms with Crippen LogP contribution in [-0.2, 0) is 16.1 Å². The lowest BCUT2D eigenvalue weighted by molar-refractivity contribution is 0.0418. The van der Waals surface area contributed by atoms with Crippen molar-refractivity contribution in [2.75, 3.05) is 6.61 Å². The maximum atomic E-state index is 12.1. The number of hydrogen-bond acceptors (Lipinski definition) is 8. The second-order valence-corrected chi connectivity index (χ2v) is 6.24. The van der Waals surface area contributed by atoms with E-state index in [1.165, 1.54) is 23.7 Å². The van der Waals surface area contributed by atoms with E-state index in [9.17, 15) is 9.59 Å². The molecule has 0 aliphatic rings. The van der Waals surface area contributed by atoms with Gasteiger partial charge in [-0.1, -0.05) is 0 Å². The highest BCUT2D eigenvalue weighted by Gasteiger charge is 2.19. The van der Waals surface area contributed by atoms with Crippen LogP contribution in [-0.4, -0.2) is 23.5 Å². The molecule has 0 amide bonds. The highest BCUT2D eigenvalue weighted by atomic mass is 32.1. The molecule has 0 saturated carbocycles. The fraction of sp³-hybridized carbons (Fsp3) is 0.188. The van der Waals surface area contributed by atoms with Crippen LogP contribution in [0.15, 0.2) is 39.0 Å². The third-order valence-corrected chi connectivity index (χ3v) is 4.63. The molecule has 3 rings (SSSR count). The lowest BCUT2D eigenvalue weighted by Crippen LogP contribution is -2.09. The third kappa shape index (κ3) is 3.55. The van der Waals surface area contributed by atoms with Gasteiger partial charge >= 0.3 is 11.9 Å². The van der Waals surface area contributed by atoms with Crippen LogP contribution in [0.2, 0.25) is 0 Å². The quantitative estimate of drug-likeness (QED) is 0.616. The average molecular weight is 363 g/mol. The smallest absolute Gasteiger partial charge is 0.358 e. The monoisotopic (exact) mass is 363 g/mol. The Morgan fingerprint density at radius 2 is 2.08 bits per heavy atom. The predicted molar refractivity (Wildman–Crippen MR) is 89.2 cm³/mol. The standard InChI is InChI=1S/C16H13NO5S2/c1-2-20-15(18)11-3-5-21-13(11)7-22-16(19)12-9-24-14(17-12)10-4-6-23-8-10/h3-6,8-9H,2,7H2,1H3. The highest BCUT2D eigenvalue weighted by Crippen LogP contribution is 2.26. The van der Waals surface area contributed by atoms with Gasteiger partial charge in [0.25, 0.3) is 0 Å². The molecule has 6 nitrogen and oxygen atoms in total. The van der Waals surface area contributed by atoms with Crippen molar-refractivity contribution in [1.82, 2.24) is 4.98 Å². The van der Waals surface area contributed by atoms with Gasteiger partial charge in [0.15, 0.2) is 18.1 Å². The average Bonchev–Trinajstić information content (AvgIpc) is 3.33. The van der Waals surface area contributed by atoms with Gasteiger partial charge in [-0.25, -0.2) is 14.6 Å². The first-order valence-corrected chi connectivity index (χ1v) is 8.90. The summed E-state index contributed by atoms with van der Waals surface area (Å²) >= 11 is 2.93. The van der Waals surface area contributed by atoms with Gasteiger partial charge < -0.3 is 13.9 Å². The summed E-state index contributed by atoms with van der Waals surface area (Å²) in [6, 6.07) is 3.42. The van der Waals surface area contributed by atoms with Gasteiger partial charge in [-0.05, 0) is 24.4 Å². The molecule has 3 heterocycles. The first kappa shape index (κ1) is 16.4. The summed E-state index contributed by atoms with van der Waals surface area (Å²) in [6.07, 6.45) is 1.35. The number of carbonyl (C=O) groups is 2. The SMILES string of the molecule is CCOC(=O)c1ccoc1COC(=O)c1csc(-c2ccsc2)n1. The minimum Gasteiger partial charge on any atom is -0.465 e. The normalized spacial score (nSPS) is 10.5. The van der Waals surface area contributed by atoms with Crippen LogP contribution in [0.4, 0.5) is 0 Å². The Morgan fingerprint density at radius 3 is 2.83 bits per heavy atom. The first-order valence-electron chi connectivity index (χ1n) is 7.07. The molecule has 3 aromatic rings. The van der Waals surface area contributed by atoms with Gasteiger partial charge in [-0.15, -0.1) is 11.3 Å². The fourth-order valence-corrected chi connectivity index (χ4v) is 3.44. The summed E-state index contributed by atoms with van der Waals surface area (Å²) in [6.45, 7) is 1.81. The predicted octanol–water partition coefficient (Wildman–Crippen LogP) is 4.00. The molecule has 3 aromatic heterocycles. The summed E-state index contributed by atoms with van der Waals surface area (Å²) < 4.78 is 15.3. The van der Waals surface area contributed by atoms with E-state index in [4.69, 9.17) is 13.9 Å². The molecular weight excluding hydrogens is 350 g/mol. The van der Waals surface area contributed by atoms with E-state index in [2.05, 4.69) is 4.98 Å². The first-order chi connectivity index (χ1) is 11.7. The Bertz CT molecular complexity index is 834. The summed E-state index contributed by atoms with van der Waals surface area (Å²) in [5.74, 6) is -0.834. The summed E-state index contributed by atoms with van der Waals surface area (Å²) in [4.78, 5) is 28.1. The van der Waals surface area contributed by atoms with Gasteiger partial charge in [0.05, 0.1) is 12.9 Å². The van der Waals surface area contributed by atoms with Crippen molar-refractivity contribution in [3.8, 4) is 10.6 Å². The van der Waals surface area contributed by atoms with Gasteiger partial charge in [-0.3, -0.25) is 0 Å². The number of thiazole rings is 1. The number of nitrogens with zero attached hydrogens (tertiary/aromatic N) is 1. The van der Waals surface area contributed by atoms with Crippen LogP contribution in [0, 0.1) is 0 Å². The zero-order valence-electron chi connectivity index (χ0n) is 12.7. The number of rotatable bonds is 6. The summed E-state index contributed by atoms with van der Waals surface area (Å²) in [7, 11) is 0. The number of hydrogen-bond donors (Lipinski definition) is 0. The number of esters is 2. The molecule has 8 heteroatoms. The van der Waals surface area contributed by atoms with Crippen molar-refractivity contribution in [2.24, 2.45) is 0 Å². The molecule has 0 fully saturated rings. The molecule has 0 unspecified atom stereocenters. The topological polar surface area (TPSA) is 78.6 Å². The molecule has 0 spiro atoms. The molecule has 0 atom stereocenters. The van der Waals surface area contributed by atoms with Gasteiger partial charge in [-0.2, -0.15) is 11.3 Å². The molecule has 0 aliphatic carbocycles. The lowest BCUT2D eigenvalue weighted by Gasteiger charge is -2.03. The molecule has 0 N–H and O–H groups in total. The van der Waals surface area contributed by atoms with E-state index in [0.717, 1.165) is 10.6 Å². The Balaban J connectivity index is 1.64. The van der Waals surface area contributed by atoms with E-state index in [-0.39, 0.29) is 30.2 Å². The Morgan fingerprint density at radius 1 is 1.21 bits per heavy atom. The number of ether oxygens (including phenoxy) is 2. The van der Waals surface area contributed by atoms with Crippen molar-refractivity contribution in [3.63, 3.8) is 0 Å². The fourth-order valence-electron chi connectivity index (χ4n) is 1.93. The second kappa shape index (κ2) is 7.41. The summed E-state index contributed by atoms with van der Waals surface area (Å²) in [5, 5.41) is 6.31. The molecule has 0 aliphatic heterocycles. The van der Waals surface area contributed by atoms with Gasteiger partial charge in [0, 0.05) is 16.3 Å². The van der Waals surface area contributed by atoms with Crippen LogP contribution in [0.25, 0.3) is 10.6 Å². The molecule has 0 radical (unpaired) electrons. The number of aromatic nitrogens is 1. The molecule has 0 aromatic carbocycles. The van der Waals surface area contributed by atoms with E-state index in [1.54, 1.807) is 23.6 Å². The van der Waals surface area contributed by atoms with Crippen LogP contribution in [0.5, 0.6) is 0 Å². The highest BCUT2D eigenvalue weighted by molar-refractivity contribution is 7.14. The molecule has 0 saturated heterocycles. The van der Waals surface area contributed by atoms with Crippen molar-refractivity contribution in [3.05, 3.63) is 51.6 Å². The van der Waals surface area contributed by atoms with Crippen molar-refractivity contribution in [2.45, 2.75) is 13.5 Å². The number of carbonyl (C=O) groups excluding carboxylic acids is 2. The van der Waals surface area contributed by atoms with Gasteiger partial charge in [0.1, 0.15) is 10.6 Å². The maximum absolute atomic E-state index is 12.1. The molecular formula is C16H13NO5S2. The lowest BCUT2D eigenvalue weighted by atomic mass is 10.2. The van der Waals surface area contributed by atoms with Gasteiger partial charge in [0.2, 0.25) is 0 Å². The van der Waals surface area contributed by atoms with Crippen LogP contribution >= 0.6 is 22.7 Å². The minimum atomic E-state index is -0.570. The molecule has 0 bridgehead atoms. The van der Waals surface area contributed by atoms with Crippen molar-refractivity contribution in [1.29, 1.82) is 0 Å². The second-order valence-electron chi connectivity index (χ2n) is 4.60. The molecule has 124 valence electrons. The Kier molecular flexibility index (Phi) is 5.07. The Labute approximate surface area is 145 Å². The van der Waals surface area contributed by atoms with Crippen molar-refractivity contribution >= 4 is 34.6 Å². The van der Waals surface area contributed by atoms with E-state index >= 15 is 0 Å². The maximum Gasteiger partial charge on any atom is 0.358 e. The van der Waals surface area contributed by atoms with E-state index < -0.39 is 11.9 Å².